The normalized spacial score (nSPS) is 15.2. The number of amides is 1. The smallest absolute Gasteiger partial charge is 0.251 e. The van der Waals surface area contributed by atoms with Gasteiger partial charge in [0.25, 0.3) is 5.91 Å². The summed E-state index contributed by atoms with van der Waals surface area (Å²) in [7, 11) is 1.60. The van der Waals surface area contributed by atoms with Crippen LogP contribution in [0.25, 0.3) is 6.08 Å². The van der Waals surface area contributed by atoms with Crippen LogP contribution in [0, 0.1) is 0 Å². The minimum atomic E-state index is -0.444. The lowest BCUT2D eigenvalue weighted by atomic mass is 10.0. The maximum Gasteiger partial charge on any atom is 0.251 e. The fourth-order valence-electron chi connectivity index (χ4n) is 3.08. The summed E-state index contributed by atoms with van der Waals surface area (Å²) in [6.45, 7) is 6.93. The van der Waals surface area contributed by atoms with Crippen LogP contribution in [0.4, 0.5) is 5.69 Å². The Morgan fingerprint density at radius 3 is 2.74 bits per heavy atom. The molecule has 2 aromatic carbocycles. The van der Waals surface area contributed by atoms with E-state index in [4.69, 9.17) is 14.2 Å². The zero-order chi connectivity index (χ0) is 19.4. The van der Waals surface area contributed by atoms with Crippen molar-refractivity contribution in [2.75, 3.05) is 25.2 Å². The van der Waals surface area contributed by atoms with Crippen LogP contribution in [0.5, 0.6) is 17.2 Å². The second-order valence-corrected chi connectivity index (χ2v) is 6.93. The van der Waals surface area contributed by atoms with Gasteiger partial charge in [-0.15, -0.1) is 0 Å². The Morgan fingerprint density at radius 2 is 2.00 bits per heavy atom. The number of fused-ring (bicyclic) bond motifs is 1. The van der Waals surface area contributed by atoms with Crippen molar-refractivity contribution >= 4 is 17.7 Å². The van der Waals surface area contributed by atoms with E-state index in [2.05, 4.69) is 0 Å². The van der Waals surface area contributed by atoms with Crippen LogP contribution in [-0.4, -0.2) is 31.8 Å². The van der Waals surface area contributed by atoms with E-state index in [0.29, 0.717) is 24.7 Å². The van der Waals surface area contributed by atoms with Gasteiger partial charge in [0, 0.05) is 6.08 Å². The molecule has 5 nitrogen and oxygen atoms in total. The van der Waals surface area contributed by atoms with Crippen molar-refractivity contribution in [3.8, 4) is 17.2 Å². The number of anilines is 1. The fraction of sp³-hybridized carbons (Fsp3) is 0.318. The highest BCUT2D eigenvalue weighted by atomic mass is 16.5. The summed E-state index contributed by atoms with van der Waals surface area (Å²) in [5, 5.41) is 0. The van der Waals surface area contributed by atoms with Gasteiger partial charge in [-0.25, -0.2) is 0 Å². The van der Waals surface area contributed by atoms with E-state index in [1.54, 1.807) is 24.2 Å². The zero-order valence-corrected chi connectivity index (χ0v) is 16.2. The Morgan fingerprint density at radius 1 is 1.22 bits per heavy atom. The monoisotopic (exact) mass is 367 g/mol. The number of rotatable bonds is 5. The summed E-state index contributed by atoms with van der Waals surface area (Å²) in [4.78, 5) is 14.6. The minimum Gasteiger partial charge on any atom is -0.493 e. The fourth-order valence-corrected chi connectivity index (χ4v) is 3.08. The van der Waals surface area contributed by atoms with Gasteiger partial charge in [0.15, 0.2) is 11.5 Å². The van der Waals surface area contributed by atoms with Crippen molar-refractivity contribution in [2.45, 2.75) is 26.4 Å². The van der Waals surface area contributed by atoms with Crippen LogP contribution in [0.3, 0.4) is 0 Å². The Hall–Kier alpha value is -2.95. The molecule has 1 aliphatic heterocycles. The third kappa shape index (κ3) is 4.25. The predicted octanol–water partition coefficient (Wildman–Crippen LogP) is 4.31. The average Bonchev–Trinajstić information content (AvgIpc) is 2.65. The van der Waals surface area contributed by atoms with E-state index in [0.717, 1.165) is 17.0 Å². The van der Waals surface area contributed by atoms with E-state index in [-0.39, 0.29) is 5.91 Å². The third-order valence-corrected chi connectivity index (χ3v) is 4.25. The number of carbonyl (C=O) groups is 1. The first kappa shape index (κ1) is 18.8. The van der Waals surface area contributed by atoms with E-state index in [1.165, 1.54) is 0 Å². The molecule has 0 unspecified atom stereocenters. The van der Waals surface area contributed by atoms with Crippen LogP contribution in [0.15, 0.2) is 48.5 Å². The predicted molar refractivity (Wildman–Crippen MR) is 107 cm³/mol. The Balaban J connectivity index is 1.83. The SMILES string of the molecule is CCOc1ccc(/C=C/C(=O)N2CC(C)(C)Oc3ccccc32)cc1OC. The van der Waals surface area contributed by atoms with Crippen LogP contribution < -0.4 is 19.1 Å². The number of ether oxygens (including phenoxy) is 3. The molecule has 5 heteroatoms. The molecule has 0 spiro atoms. The summed E-state index contributed by atoms with van der Waals surface area (Å²) in [6.07, 6.45) is 3.36. The largest absolute Gasteiger partial charge is 0.493 e. The Bertz CT molecular complexity index is 857. The van der Waals surface area contributed by atoms with Gasteiger partial charge < -0.3 is 19.1 Å². The molecular weight excluding hydrogens is 342 g/mol. The van der Waals surface area contributed by atoms with Crippen molar-refractivity contribution < 1.29 is 19.0 Å². The van der Waals surface area contributed by atoms with E-state index in [9.17, 15) is 4.79 Å². The summed E-state index contributed by atoms with van der Waals surface area (Å²) in [5.41, 5.74) is 1.21. The number of para-hydroxylation sites is 2. The highest BCUT2D eigenvalue weighted by Gasteiger charge is 2.33. The van der Waals surface area contributed by atoms with Crippen LogP contribution >= 0.6 is 0 Å². The number of hydrogen-bond donors (Lipinski definition) is 0. The second kappa shape index (κ2) is 7.74. The first-order chi connectivity index (χ1) is 12.9. The molecule has 1 amide bonds. The topological polar surface area (TPSA) is 48.0 Å². The lowest BCUT2D eigenvalue weighted by Crippen LogP contribution is -2.48. The number of methoxy groups -OCH3 is 1. The highest BCUT2D eigenvalue weighted by molar-refractivity contribution is 6.05. The van der Waals surface area contributed by atoms with Crippen molar-refractivity contribution in [3.63, 3.8) is 0 Å². The molecule has 0 radical (unpaired) electrons. The summed E-state index contributed by atoms with van der Waals surface area (Å²) < 4.78 is 16.9. The summed E-state index contributed by atoms with van der Waals surface area (Å²) in [6, 6.07) is 13.2. The molecule has 3 rings (SSSR count). The molecule has 0 fully saturated rings. The van der Waals surface area contributed by atoms with Gasteiger partial charge in [0.1, 0.15) is 11.4 Å². The standard InChI is InChI=1S/C22H25NO4/c1-5-26-19-12-10-16(14-20(19)25-4)11-13-21(24)23-15-22(2,3)27-18-9-7-6-8-17(18)23/h6-14H,5,15H2,1-4H3/b13-11+. The molecule has 142 valence electrons. The van der Waals surface area contributed by atoms with Gasteiger partial charge >= 0.3 is 0 Å². The molecular formula is C22H25NO4. The molecule has 0 saturated carbocycles. The van der Waals surface area contributed by atoms with Gasteiger partial charge in [-0.2, -0.15) is 0 Å². The Labute approximate surface area is 160 Å². The first-order valence-electron chi connectivity index (χ1n) is 9.02. The van der Waals surface area contributed by atoms with Crippen LogP contribution in [0.2, 0.25) is 0 Å². The summed E-state index contributed by atoms with van der Waals surface area (Å²) in [5.74, 6) is 1.96. The summed E-state index contributed by atoms with van der Waals surface area (Å²) >= 11 is 0. The van der Waals surface area contributed by atoms with Crippen molar-refractivity contribution in [2.24, 2.45) is 0 Å². The quantitative estimate of drug-likeness (QED) is 0.739. The average molecular weight is 367 g/mol. The van der Waals surface area contributed by atoms with E-state index >= 15 is 0 Å². The number of hydrogen-bond acceptors (Lipinski definition) is 4. The molecule has 1 heterocycles. The zero-order valence-electron chi connectivity index (χ0n) is 16.2. The van der Waals surface area contributed by atoms with Crippen molar-refractivity contribution in [1.82, 2.24) is 0 Å². The molecule has 0 bridgehead atoms. The van der Waals surface area contributed by atoms with Crippen molar-refractivity contribution in [3.05, 3.63) is 54.1 Å². The lowest BCUT2D eigenvalue weighted by Gasteiger charge is -2.39. The number of carbonyl (C=O) groups excluding carboxylic acids is 1. The minimum absolute atomic E-state index is 0.0910. The van der Waals surface area contributed by atoms with Crippen LogP contribution in [0.1, 0.15) is 26.3 Å². The van der Waals surface area contributed by atoms with Gasteiger partial charge in [-0.3, -0.25) is 4.79 Å². The van der Waals surface area contributed by atoms with Crippen molar-refractivity contribution in [1.29, 1.82) is 0 Å². The number of nitrogens with zero attached hydrogens (tertiary/aromatic N) is 1. The molecule has 0 saturated heterocycles. The molecule has 1 aliphatic rings. The maximum atomic E-state index is 12.9. The van der Waals surface area contributed by atoms with Gasteiger partial charge in [0.05, 0.1) is 25.9 Å². The molecule has 27 heavy (non-hydrogen) atoms. The highest BCUT2D eigenvalue weighted by Crippen LogP contribution is 2.37. The molecule has 0 aliphatic carbocycles. The lowest BCUT2D eigenvalue weighted by molar-refractivity contribution is -0.115. The molecule has 0 N–H and O–H groups in total. The van der Waals surface area contributed by atoms with E-state index in [1.807, 2.05) is 63.2 Å². The second-order valence-electron chi connectivity index (χ2n) is 6.93. The maximum absolute atomic E-state index is 12.9. The number of benzene rings is 2. The molecule has 0 aromatic heterocycles. The van der Waals surface area contributed by atoms with Gasteiger partial charge in [-0.1, -0.05) is 18.2 Å². The van der Waals surface area contributed by atoms with Gasteiger partial charge in [-0.05, 0) is 56.7 Å². The molecule has 2 aromatic rings. The Kier molecular flexibility index (Phi) is 5.40. The van der Waals surface area contributed by atoms with E-state index < -0.39 is 5.60 Å². The third-order valence-electron chi connectivity index (χ3n) is 4.25. The molecule has 0 atom stereocenters. The first-order valence-corrected chi connectivity index (χ1v) is 9.02. The van der Waals surface area contributed by atoms with Crippen LogP contribution in [-0.2, 0) is 4.79 Å². The van der Waals surface area contributed by atoms with Gasteiger partial charge in [0.2, 0.25) is 0 Å².